The van der Waals surface area contributed by atoms with Crippen LogP contribution in [0.4, 0.5) is 0 Å². The number of hydrogen-bond donors (Lipinski definition) is 1. The summed E-state index contributed by atoms with van der Waals surface area (Å²) in [5, 5.41) is 4.09. The maximum Gasteiger partial charge on any atom is 0.161 e. The molecule has 2 rings (SSSR count). The zero-order valence-corrected chi connectivity index (χ0v) is 14.7. The lowest BCUT2D eigenvalue weighted by atomic mass is 10.0. The molecule has 0 amide bonds. The Morgan fingerprint density at radius 2 is 1.95 bits per heavy atom. The van der Waals surface area contributed by atoms with Crippen LogP contribution in [-0.2, 0) is 0 Å². The lowest BCUT2D eigenvalue weighted by molar-refractivity contribution is 0.287. The van der Waals surface area contributed by atoms with Crippen LogP contribution in [0.5, 0.6) is 11.5 Å². The summed E-state index contributed by atoms with van der Waals surface area (Å²) < 4.78 is 11.4. The van der Waals surface area contributed by atoms with Gasteiger partial charge in [-0.1, -0.05) is 6.07 Å². The first-order valence-electron chi connectivity index (χ1n) is 7.56. The molecule has 118 valence electrons. The predicted octanol–water partition coefficient (Wildman–Crippen LogP) is 3.59. The van der Waals surface area contributed by atoms with Gasteiger partial charge in [-0.05, 0) is 38.6 Å². The van der Waals surface area contributed by atoms with Gasteiger partial charge in [0.05, 0.1) is 13.2 Å². The summed E-state index contributed by atoms with van der Waals surface area (Å²) in [5.74, 6) is 5.40. The van der Waals surface area contributed by atoms with Gasteiger partial charge < -0.3 is 14.8 Å². The Bertz CT molecular complexity index is 436. The van der Waals surface area contributed by atoms with Crippen LogP contribution in [0.1, 0.15) is 25.5 Å². The number of hydrogen-bond acceptors (Lipinski definition) is 5. The van der Waals surface area contributed by atoms with Gasteiger partial charge in [0.2, 0.25) is 0 Å². The molecule has 1 N–H and O–H groups in total. The number of nitrogens with one attached hydrogen (secondary N) is 1. The van der Waals surface area contributed by atoms with Crippen molar-refractivity contribution in [1.29, 1.82) is 0 Å². The molecule has 1 aromatic rings. The fourth-order valence-electron chi connectivity index (χ4n) is 2.53. The first-order chi connectivity index (χ1) is 10.3. The molecular formula is C16H25NO2S2. The average molecular weight is 328 g/mol. The highest BCUT2D eigenvalue weighted by molar-refractivity contribution is 8.06. The molecule has 0 radical (unpaired) electrons. The van der Waals surface area contributed by atoms with Crippen molar-refractivity contribution >= 4 is 23.5 Å². The second kappa shape index (κ2) is 8.81. The summed E-state index contributed by atoms with van der Waals surface area (Å²) >= 11 is 4.12. The van der Waals surface area contributed by atoms with Gasteiger partial charge in [0, 0.05) is 28.6 Å². The predicted molar refractivity (Wildman–Crippen MR) is 94.2 cm³/mol. The Morgan fingerprint density at radius 3 is 2.57 bits per heavy atom. The molecule has 2 atom stereocenters. The lowest BCUT2D eigenvalue weighted by Gasteiger charge is -2.30. The third kappa shape index (κ3) is 4.47. The number of rotatable bonds is 7. The van der Waals surface area contributed by atoms with Crippen molar-refractivity contribution in [3.63, 3.8) is 0 Å². The molecule has 1 heterocycles. The van der Waals surface area contributed by atoms with E-state index in [9.17, 15) is 0 Å². The fourth-order valence-corrected chi connectivity index (χ4v) is 5.44. The number of thioether (sulfide) groups is 2. The molecule has 5 heteroatoms. The highest BCUT2D eigenvalue weighted by Gasteiger charge is 2.25. The van der Waals surface area contributed by atoms with E-state index in [4.69, 9.17) is 9.47 Å². The van der Waals surface area contributed by atoms with E-state index in [0.29, 0.717) is 24.5 Å². The van der Waals surface area contributed by atoms with Gasteiger partial charge in [-0.15, -0.1) is 0 Å². The summed E-state index contributed by atoms with van der Waals surface area (Å²) in [4.78, 5) is 0. The summed E-state index contributed by atoms with van der Waals surface area (Å²) in [6.45, 7) is 5.31. The van der Waals surface area contributed by atoms with Gasteiger partial charge in [-0.25, -0.2) is 0 Å². The highest BCUT2D eigenvalue weighted by Crippen LogP contribution is 2.37. The summed E-state index contributed by atoms with van der Waals surface area (Å²) in [6.07, 6.45) is 0. The third-order valence-corrected chi connectivity index (χ3v) is 6.31. The second-order valence-corrected chi connectivity index (χ2v) is 7.32. The van der Waals surface area contributed by atoms with Gasteiger partial charge >= 0.3 is 0 Å². The quantitative estimate of drug-likeness (QED) is 0.827. The molecule has 1 aromatic carbocycles. The Labute approximate surface area is 136 Å². The van der Waals surface area contributed by atoms with Crippen LogP contribution in [0.3, 0.4) is 0 Å². The zero-order chi connectivity index (χ0) is 15.1. The van der Waals surface area contributed by atoms with E-state index >= 15 is 0 Å². The molecule has 21 heavy (non-hydrogen) atoms. The van der Waals surface area contributed by atoms with E-state index in [-0.39, 0.29) is 0 Å². The van der Waals surface area contributed by atoms with Crippen LogP contribution in [0, 0.1) is 0 Å². The molecule has 0 saturated carbocycles. The average Bonchev–Trinajstić information content (AvgIpc) is 2.52. The lowest BCUT2D eigenvalue weighted by Crippen LogP contribution is -2.31. The van der Waals surface area contributed by atoms with Gasteiger partial charge in [-0.3, -0.25) is 0 Å². The Balaban J connectivity index is 2.21. The van der Waals surface area contributed by atoms with E-state index in [1.165, 1.54) is 22.8 Å². The maximum atomic E-state index is 5.75. The van der Waals surface area contributed by atoms with Crippen molar-refractivity contribution in [3.8, 4) is 11.5 Å². The topological polar surface area (TPSA) is 30.5 Å². The maximum absolute atomic E-state index is 5.75. The smallest absolute Gasteiger partial charge is 0.161 e. The molecule has 1 aliphatic heterocycles. The van der Waals surface area contributed by atoms with Crippen molar-refractivity contribution in [1.82, 2.24) is 5.32 Å². The van der Waals surface area contributed by atoms with Crippen LogP contribution in [0.15, 0.2) is 18.2 Å². The zero-order valence-electron chi connectivity index (χ0n) is 13.1. The molecule has 0 aromatic heterocycles. The molecule has 1 saturated heterocycles. The van der Waals surface area contributed by atoms with Crippen LogP contribution >= 0.6 is 23.5 Å². The van der Waals surface area contributed by atoms with Crippen LogP contribution < -0.4 is 14.8 Å². The van der Waals surface area contributed by atoms with E-state index in [2.05, 4.69) is 41.0 Å². The summed E-state index contributed by atoms with van der Waals surface area (Å²) in [6, 6.07) is 6.69. The monoisotopic (exact) mass is 327 g/mol. The molecule has 2 unspecified atom stereocenters. The van der Waals surface area contributed by atoms with E-state index in [1.807, 2.05) is 27.0 Å². The normalized spacial score (nSPS) is 20.0. The second-order valence-electron chi connectivity index (χ2n) is 4.82. The van der Waals surface area contributed by atoms with E-state index in [0.717, 1.165) is 11.5 Å². The first-order valence-corrected chi connectivity index (χ1v) is 9.76. The van der Waals surface area contributed by atoms with Gasteiger partial charge in [-0.2, -0.15) is 23.5 Å². The Hall–Kier alpha value is -0.520. The van der Waals surface area contributed by atoms with Gasteiger partial charge in [0.25, 0.3) is 0 Å². The minimum atomic E-state index is 0.359. The van der Waals surface area contributed by atoms with Gasteiger partial charge in [0.15, 0.2) is 11.5 Å². The number of ether oxygens (including phenoxy) is 2. The molecule has 3 nitrogen and oxygen atoms in total. The first kappa shape index (κ1) is 16.8. The number of benzene rings is 1. The van der Waals surface area contributed by atoms with E-state index < -0.39 is 0 Å². The van der Waals surface area contributed by atoms with Crippen molar-refractivity contribution in [2.75, 3.05) is 37.5 Å². The fraction of sp³-hybridized carbons (Fsp3) is 0.625. The minimum absolute atomic E-state index is 0.359. The minimum Gasteiger partial charge on any atom is -0.490 e. The molecule has 0 aliphatic carbocycles. The molecule has 1 fully saturated rings. The largest absolute Gasteiger partial charge is 0.490 e. The van der Waals surface area contributed by atoms with Crippen LogP contribution in [-0.4, -0.2) is 42.8 Å². The van der Waals surface area contributed by atoms with Crippen molar-refractivity contribution in [2.45, 2.75) is 25.1 Å². The Kier molecular flexibility index (Phi) is 7.07. The SMILES string of the molecule is CCOc1ccc(C(NC)C2CSCCS2)cc1OCC. The molecule has 1 aliphatic rings. The Morgan fingerprint density at radius 1 is 1.19 bits per heavy atom. The van der Waals surface area contributed by atoms with Crippen molar-refractivity contribution in [3.05, 3.63) is 23.8 Å². The molecule has 0 spiro atoms. The van der Waals surface area contributed by atoms with Crippen molar-refractivity contribution in [2.24, 2.45) is 0 Å². The summed E-state index contributed by atoms with van der Waals surface area (Å²) in [5.41, 5.74) is 1.28. The standard InChI is InChI=1S/C16H25NO2S2/c1-4-18-13-7-6-12(10-14(13)19-5-2)16(17-3)15-11-20-8-9-21-15/h6-7,10,15-17H,4-5,8-9,11H2,1-3H3. The van der Waals surface area contributed by atoms with Crippen molar-refractivity contribution < 1.29 is 9.47 Å². The molecular weight excluding hydrogens is 302 g/mol. The van der Waals surface area contributed by atoms with Crippen LogP contribution in [0.25, 0.3) is 0 Å². The van der Waals surface area contributed by atoms with Gasteiger partial charge in [0.1, 0.15) is 0 Å². The van der Waals surface area contributed by atoms with Crippen LogP contribution in [0.2, 0.25) is 0 Å². The third-order valence-electron chi connectivity index (χ3n) is 3.45. The molecule has 0 bridgehead atoms. The summed E-state index contributed by atoms with van der Waals surface area (Å²) in [7, 11) is 2.04. The highest BCUT2D eigenvalue weighted by atomic mass is 32.2. The van der Waals surface area contributed by atoms with E-state index in [1.54, 1.807) is 0 Å².